The Morgan fingerprint density at radius 2 is 1.71 bits per heavy atom. The first kappa shape index (κ1) is 25.0. The molecule has 0 saturated heterocycles. The maximum atomic E-state index is 11.8. The number of carboxylic acid groups (broad SMARTS) is 1. The summed E-state index contributed by atoms with van der Waals surface area (Å²) in [6, 6.07) is 13.5. The van der Waals surface area contributed by atoms with Crippen LogP contribution in [0.5, 0.6) is 5.75 Å². The number of carbonyl (C=O) groups excluding carboxylic acids is 1. The molecule has 1 aromatic heterocycles. The smallest absolute Gasteiger partial charge is 0.347 e. The summed E-state index contributed by atoms with van der Waals surface area (Å²) in [7, 11) is 0. The lowest BCUT2D eigenvalue weighted by Gasteiger charge is -2.25. The predicted molar refractivity (Wildman–Crippen MR) is 128 cm³/mol. The van der Waals surface area contributed by atoms with Gasteiger partial charge in [0.2, 0.25) is 11.8 Å². The molecular weight excluding hydrogens is 434 g/mol. The number of rotatable bonds is 10. The van der Waals surface area contributed by atoms with E-state index in [4.69, 9.17) is 14.9 Å². The molecule has 2 aromatic carbocycles. The van der Waals surface area contributed by atoms with Crippen molar-refractivity contribution < 1.29 is 23.8 Å². The van der Waals surface area contributed by atoms with E-state index in [1.807, 2.05) is 68.1 Å². The van der Waals surface area contributed by atoms with Gasteiger partial charge in [-0.2, -0.15) is 0 Å². The Morgan fingerprint density at radius 3 is 2.26 bits per heavy atom. The fourth-order valence-corrected chi connectivity index (χ4v) is 3.73. The lowest BCUT2D eigenvalue weighted by atomic mass is 10.0. The number of hydrogen-bond acceptors (Lipinski definition) is 6. The van der Waals surface area contributed by atoms with Crippen molar-refractivity contribution in [3.63, 3.8) is 0 Å². The van der Waals surface area contributed by atoms with Crippen molar-refractivity contribution in [2.45, 2.75) is 53.3 Å². The normalized spacial score (nSPS) is 11.6. The van der Waals surface area contributed by atoms with E-state index >= 15 is 0 Å². The van der Waals surface area contributed by atoms with E-state index in [1.54, 1.807) is 0 Å². The first-order valence-corrected chi connectivity index (χ1v) is 11.0. The second-order valence-electron chi connectivity index (χ2n) is 8.98. The van der Waals surface area contributed by atoms with Crippen LogP contribution in [0.15, 0.2) is 46.9 Å². The molecule has 3 N–H and O–H groups in total. The van der Waals surface area contributed by atoms with E-state index < -0.39 is 17.5 Å². The van der Waals surface area contributed by atoms with E-state index in [9.17, 15) is 14.7 Å². The SMILES string of the molecule is Cc1cc(CN(CC(N)=O)Cc2nc(-c3ccccc3)oc2C)cc(C)c1OC(C)(C)C(=O)O. The number of amides is 1. The molecule has 0 fully saturated rings. The molecule has 0 spiro atoms. The highest BCUT2D eigenvalue weighted by atomic mass is 16.5. The van der Waals surface area contributed by atoms with E-state index in [2.05, 4.69) is 4.98 Å². The number of carboxylic acids is 1. The van der Waals surface area contributed by atoms with E-state index in [-0.39, 0.29) is 6.54 Å². The largest absolute Gasteiger partial charge is 0.478 e. The molecule has 8 nitrogen and oxygen atoms in total. The number of aliphatic carboxylic acids is 1. The van der Waals surface area contributed by atoms with Crippen LogP contribution in [0, 0.1) is 20.8 Å². The van der Waals surface area contributed by atoms with Gasteiger partial charge in [0.1, 0.15) is 11.5 Å². The maximum Gasteiger partial charge on any atom is 0.347 e. The number of aromatic nitrogens is 1. The predicted octanol–water partition coefficient (Wildman–Crippen LogP) is 4.00. The summed E-state index contributed by atoms with van der Waals surface area (Å²) in [6.45, 7) is 9.50. The minimum Gasteiger partial charge on any atom is -0.478 e. The number of primary amides is 1. The minimum atomic E-state index is -1.35. The first-order valence-electron chi connectivity index (χ1n) is 11.0. The molecule has 3 rings (SSSR count). The van der Waals surface area contributed by atoms with Gasteiger partial charge in [0.25, 0.3) is 0 Å². The van der Waals surface area contributed by atoms with Crippen molar-refractivity contribution in [1.82, 2.24) is 9.88 Å². The second kappa shape index (κ2) is 10.1. The van der Waals surface area contributed by atoms with Gasteiger partial charge in [-0.3, -0.25) is 9.69 Å². The molecular formula is C26H31N3O5. The molecule has 0 radical (unpaired) electrons. The van der Waals surface area contributed by atoms with Crippen molar-refractivity contribution in [2.24, 2.45) is 5.73 Å². The van der Waals surface area contributed by atoms with Crippen LogP contribution in [-0.2, 0) is 22.7 Å². The highest BCUT2D eigenvalue weighted by Gasteiger charge is 2.30. The highest BCUT2D eigenvalue weighted by molar-refractivity contribution is 5.77. The summed E-state index contributed by atoms with van der Waals surface area (Å²) in [5.74, 6) is 0.265. The molecule has 0 unspecified atom stereocenters. The molecule has 180 valence electrons. The summed E-state index contributed by atoms with van der Waals surface area (Å²) >= 11 is 0. The van der Waals surface area contributed by atoms with Gasteiger partial charge < -0.3 is 20.0 Å². The molecule has 0 aliphatic rings. The van der Waals surface area contributed by atoms with Crippen molar-refractivity contribution >= 4 is 11.9 Å². The Morgan fingerprint density at radius 1 is 1.09 bits per heavy atom. The Labute approximate surface area is 199 Å². The van der Waals surface area contributed by atoms with Gasteiger partial charge >= 0.3 is 5.97 Å². The summed E-state index contributed by atoms with van der Waals surface area (Å²) in [4.78, 5) is 29.8. The van der Waals surface area contributed by atoms with Gasteiger partial charge in [-0.05, 0) is 63.4 Å². The Hall–Kier alpha value is -3.65. The van der Waals surface area contributed by atoms with Crippen LogP contribution < -0.4 is 10.5 Å². The van der Waals surface area contributed by atoms with Crippen LogP contribution in [0.3, 0.4) is 0 Å². The number of nitrogens with zero attached hydrogens (tertiary/aromatic N) is 2. The summed E-state index contributed by atoms with van der Waals surface area (Å²) in [6.07, 6.45) is 0. The number of oxazole rings is 1. The van der Waals surface area contributed by atoms with Crippen molar-refractivity contribution in [1.29, 1.82) is 0 Å². The lowest BCUT2D eigenvalue weighted by molar-refractivity contribution is -0.152. The number of nitrogens with two attached hydrogens (primary N) is 1. The number of hydrogen-bond donors (Lipinski definition) is 2. The summed E-state index contributed by atoms with van der Waals surface area (Å²) in [5, 5.41) is 9.39. The average molecular weight is 466 g/mol. The quantitative estimate of drug-likeness (QED) is 0.464. The molecule has 1 amide bonds. The molecule has 0 saturated carbocycles. The topological polar surface area (TPSA) is 119 Å². The zero-order valence-electron chi connectivity index (χ0n) is 20.2. The van der Waals surface area contributed by atoms with Crippen LogP contribution in [0.4, 0.5) is 0 Å². The van der Waals surface area contributed by atoms with Gasteiger partial charge in [-0.25, -0.2) is 9.78 Å². The third-order valence-corrected chi connectivity index (χ3v) is 5.46. The molecule has 0 aliphatic heterocycles. The summed E-state index contributed by atoms with van der Waals surface area (Å²) < 4.78 is 11.7. The van der Waals surface area contributed by atoms with Crippen LogP contribution >= 0.6 is 0 Å². The molecule has 0 atom stereocenters. The number of carbonyl (C=O) groups is 2. The molecule has 3 aromatic rings. The van der Waals surface area contributed by atoms with Crippen molar-refractivity contribution in [3.8, 4) is 17.2 Å². The van der Waals surface area contributed by atoms with Gasteiger partial charge in [0.15, 0.2) is 5.60 Å². The van der Waals surface area contributed by atoms with Crippen molar-refractivity contribution in [2.75, 3.05) is 6.54 Å². The molecule has 34 heavy (non-hydrogen) atoms. The molecule has 8 heteroatoms. The van der Waals surface area contributed by atoms with Crippen LogP contribution in [-0.4, -0.2) is 39.0 Å². The van der Waals surface area contributed by atoms with Crippen LogP contribution in [0.1, 0.15) is 42.0 Å². The monoisotopic (exact) mass is 465 g/mol. The third kappa shape index (κ3) is 6.02. The van der Waals surface area contributed by atoms with Gasteiger partial charge in [0.05, 0.1) is 12.2 Å². The molecule has 0 bridgehead atoms. The van der Waals surface area contributed by atoms with Crippen LogP contribution in [0.2, 0.25) is 0 Å². The third-order valence-electron chi connectivity index (χ3n) is 5.46. The molecule has 0 aliphatic carbocycles. The van der Waals surface area contributed by atoms with Gasteiger partial charge in [0, 0.05) is 18.7 Å². The lowest BCUT2D eigenvalue weighted by Crippen LogP contribution is -2.38. The standard InChI is InChI=1S/C26H31N3O5/c1-16-11-19(12-17(2)23(16)34-26(4,5)25(31)32)13-29(15-22(27)30)14-21-18(3)33-24(28-21)20-9-7-6-8-10-20/h6-12H,13-15H2,1-5H3,(H2,27,30)(H,31,32). The summed E-state index contributed by atoms with van der Waals surface area (Å²) in [5.41, 5.74) is 8.35. The second-order valence-corrected chi connectivity index (χ2v) is 8.98. The average Bonchev–Trinajstić information content (AvgIpc) is 3.11. The van der Waals surface area contributed by atoms with Gasteiger partial charge in [-0.1, -0.05) is 30.3 Å². The Kier molecular flexibility index (Phi) is 7.41. The van der Waals surface area contributed by atoms with Gasteiger partial charge in [-0.15, -0.1) is 0 Å². The number of aryl methyl sites for hydroxylation is 3. The Balaban J connectivity index is 1.83. The van der Waals surface area contributed by atoms with Crippen molar-refractivity contribution in [3.05, 3.63) is 70.6 Å². The number of benzene rings is 2. The van der Waals surface area contributed by atoms with E-state index in [0.717, 1.165) is 27.9 Å². The fourth-order valence-electron chi connectivity index (χ4n) is 3.73. The first-order chi connectivity index (χ1) is 16.0. The van der Waals surface area contributed by atoms with E-state index in [1.165, 1.54) is 13.8 Å². The zero-order valence-corrected chi connectivity index (χ0v) is 20.2. The van der Waals surface area contributed by atoms with E-state index in [0.29, 0.717) is 30.5 Å². The molecule has 1 heterocycles. The minimum absolute atomic E-state index is 0.0510. The zero-order chi connectivity index (χ0) is 25.0. The van der Waals surface area contributed by atoms with Crippen LogP contribution in [0.25, 0.3) is 11.5 Å². The fraction of sp³-hybridized carbons (Fsp3) is 0.346. The number of ether oxygens (including phenoxy) is 1. The maximum absolute atomic E-state index is 11.8. The highest BCUT2D eigenvalue weighted by Crippen LogP contribution is 2.30. The Bertz CT molecular complexity index is 1160.